The number of rotatable bonds is 2. The number of sulfone groups is 1. The number of thiophene rings is 1. The average Bonchev–Trinajstić information content (AvgIpc) is 3.05. The lowest BCUT2D eigenvalue weighted by molar-refractivity contribution is 0.509. The second-order valence-corrected chi connectivity index (χ2v) is 10.2. The van der Waals surface area contributed by atoms with Crippen LogP contribution in [0.5, 0.6) is 0 Å². The van der Waals surface area contributed by atoms with Gasteiger partial charge in [0.1, 0.15) is 17.0 Å². The molecule has 0 saturated carbocycles. The fourth-order valence-electron chi connectivity index (χ4n) is 3.78. The highest BCUT2D eigenvalue weighted by molar-refractivity contribution is 7.91. The average molecular weight is 351 g/mol. The predicted molar refractivity (Wildman–Crippen MR) is 94.1 cm³/mol. The van der Waals surface area contributed by atoms with E-state index in [1.54, 1.807) is 17.7 Å². The van der Waals surface area contributed by atoms with Crippen molar-refractivity contribution in [3.8, 4) is 0 Å². The van der Waals surface area contributed by atoms with Crippen molar-refractivity contribution >= 4 is 37.2 Å². The van der Waals surface area contributed by atoms with Crippen LogP contribution in [0.15, 0.2) is 6.33 Å². The van der Waals surface area contributed by atoms with Gasteiger partial charge in [-0.1, -0.05) is 6.92 Å². The van der Waals surface area contributed by atoms with Crippen molar-refractivity contribution in [3.05, 3.63) is 16.8 Å². The third-order valence-corrected chi connectivity index (χ3v) is 8.07. The van der Waals surface area contributed by atoms with Crippen molar-refractivity contribution in [2.24, 2.45) is 5.92 Å². The highest BCUT2D eigenvalue weighted by atomic mass is 32.2. The Balaban J connectivity index is 1.78. The molecule has 5 nitrogen and oxygen atoms in total. The van der Waals surface area contributed by atoms with E-state index in [1.807, 2.05) is 7.05 Å². The number of nitrogens with zero attached hydrogens (tertiary/aromatic N) is 3. The lowest BCUT2D eigenvalue weighted by Gasteiger charge is -2.26. The normalized spacial score (nSPS) is 26.3. The Morgan fingerprint density at radius 1 is 1.30 bits per heavy atom. The van der Waals surface area contributed by atoms with E-state index < -0.39 is 9.84 Å². The number of fused-ring (bicyclic) bond motifs is 3. The molecule has 0 radical (unpaired) electrons. The van der Waals surface area contributed by atoms with Gasteiger partial charge in [-0.15, -0.1) is 11.3 Å². The van der Waals surface area contributed by atoms with Gasteiger partial charge in [-0.3, -0.25) is 0 Å². The molecule has 0 aromatic carbocycles. The quantitative estimate of drug-likeness (QED) is 0.831. The molecule has 2 aromatic heterocycles. The van der Waals surface area contributed by atoms with Crippen LogP contribution in [0.1, 0.15) is 30.2 Å². The molecule has 1 aliphatic heterocycles. The Bertz CT molecular complexity index is 860. The highest BCUT2D eigenvalue weighted by Gasteiger charge is 2.33. The highest BCUT2D eigenvalue weighted by Crippen LogP contribution is 2.41. The summed E-state index contributed by atoms with van der Waals surface area (Å²) >= 11 is 1.78. The van der Waals surface area contributed by atoms with Crippen molar-refractivity contribution in [1.29, 1.82) is 0 Å². The maximum absolute atomic E-state index is 11.8. The minimum Gasteiger partial charge on any atom is -0.355 e. The van der Waals surface area contributed by atoms with Gasteiger partial charge in [0.15, 0.2) is 9.84 Å². The summed E-state index contributed by atoms with van der Waals surface area (Å²) in [6, 6.07) is 0.0242. The van der Waals surface area contributed by atoms with E-state index >= 15 is 0 Å². The van der Waals surface area contributed by atoms with E-state index in [0.29, 0.717) is 6.42 Å². The van der Waals surface area contributed by atoms with Gasteiger partial charge in [0, 0.05) is 18.0 Å². The fourth-order valence-corrected chi connectivity index (χ4v) is 6.90. The van der Waals surface area contributed by atoms with Crippen LogP contribution in [0.3, 0.4) is 0 Å². The molecule has 2 atom stereocenters. The van der Waals surface area contributed by atoms with Crippen molar-refractivity contribution in [3.63, 3.8) is 0 Å². The Kier molecular flexibility index (Phi) is 3.61. The molecule has 23 heavy (non-hydrogen) atoms. The first-order chi connectivity index (χ1) is 10.9. The summed E-state index contributed by atoms with van der Waals surface area (Å²) in [6.07, 6.45) is 5.70. The van der Waals surface area contributed by atoms with Crippen LogP contribution in [-0.2, 0) is 22.7 Å². The summed E-state index contributed by atoms with van der Waals surface area (Å²) in [5.74, 6) is 2.15. The summed E-state index contributed by atoms with van der Waals surface area (Å²) < 4.78 is 23.6. The molecular formula is C16H21N3O2S2. The second-order valence-electron chi connectivity index (χ2n) is 6.90. The molecule has 3 heterocycles. The molecule has 2 aromatic rings. The number of aromatic nitrogens is 2. The van der Waals surface area contributed by atoms with Crippen LogP contribution in [0, 0.1) is 5.92 Å². The van der Waals surface area contributed by atoms with E-state index in [9.17, 15) is 8.42 Å². The van der Waals surface area contributed by atoms with Gasteiger partial charge in [0.05, 0.1) is 16.9 Å². The third-order valence-electron chi connectivity index (χ3n) is 5.16. The number of hydrogen-bond acceptors (Lipinski definition) is 6. The van der Waals surface area contributed by atoms with Crippen LogP contribution in [-0.4, -0.2) is 43.0 Å². The van der Waals surface area contributed by atoms with Crippen LogP contribution in [0.25, 0.3) is 10.2 Å². The number of hydrogen-bond donors (Lipinski definition) is 0. The molecule has 0 bridgehead atoms. The Hall–Kier alpha value is -1.21. The summed E-state index contributed by atoms with van der Waals surface area (Å²) in [7, 11) is -0.920. The molecule has 0 amide bonds. The van der Waals surface area contributed by atoms with Gasteiger partial charge in [-0.05, 0) is 37.2 Å². The number of aryl methyl sites for hydroxylation is 1. The van der Waals surface area contributed by atoms with E-state index in [4.69, 9.17) is 0 Å². The molecule has 1 aliphatic carbocycles. The molecule has 124 valence electrons. The molecule has 4 rings (SSSR count). The fraction of sp³-hybridized carbons (Fsp3) is 0.625. The summed E-state index contributed by atoms with van der Waals surface area (Å²) in [4.78, 5) is 13.5. The van der Waals surface area contributed by atoms with E-state index in [1.165, 1.54) is 16.9 Å². The minimum absolute atomic E-state index is 0.0242. The van der Waals surface area contributed by atoms with Crippen LogP contribution in [0.4, 0.5) is 5.82 Å². The van der Waals surface area contributed by atoms with Crippen LogP contribution in [0.2, 0.25) is 0 Å². The monoisotopic (exact) mass is 351 g/mol. The largest absolute Gasteiger partial charge is 0.355 e. The third kappa shape index (κ3) is 2.63. The molecular weight excluding hydrogens is 330 g/mol. The first kappa shape index (κ1) is 15.3. The van der Waals surface area contributed by atoms with Gasteiger partial charge < -0.3 is 4.90 Å². The zero-order valence-electron chi connectivity index (χ0n) is 13.4. The molecule has 1 fully saturated rings. The predicted octanol–water partition coefficient (Wildman–Crippen LogP) is 2.44. The van der Waals surface area contributed by atoms with Gasteiger partial charge in [-0.25, -0.2) is 18.4 Å². The van der Waals surface area contributed by atoms with Crippen LogP contribution >= 0.6 is 11.3 Å². The van der Waals surface area contributed by atoms with Gasteiger partial charge >= 0.3 is 0 Å². The molecule has 2 aliphatic rings. The van der Waals surface area contributed by atoms with Crippen molar-refractivity contribution < 1.29 is 8.42 Å². The minimum atomic E-state index is -2.90. The molecule has 7 heteroatoms. The van der Waals surface area contributed by atoms with E-state index in [-0.39, 0.29) is 17.5 Å². The second kappa shape index (κ2) is 5.41. The van der Waals surface area contributed by atoms with Gasteiger partial charge in [0.2, 0.25) is 0 Å². The van der Waals surface area contributed by atoms with Crippen molar-refractivity contribution in [2.45, 2.75) is 38.6 Å². The van der Waals surface area contributed by atoms with E-state index in [2.05, 4.69) is 21.8 Å². The Morgan fingerprint density at radius 2 is 2.13 bits per heavy atom. The SMILES string of the molecule is C[C@@H]1CCc2c(sc3ncnc(N(C)[C@@H]4CCS(=O)(=O)C4)c23)C1. The van der Waals surface area contributed by atoms with Crippen molar-refractivity contribution in [2.75, 3.05) is 23.5 Å². The first-order valence-corrected chi connectivity index (χ1v) is 10.8. The topological polar surface area (TPSA) is 63.2 Å². The molecule has 0 unspecified atom stereocenters. The summed E-state index contributed by atoms with van der Waals surface area (Å²) in [6.45, 7) is 2.30. The maximum Gasteiger partial charge on any atom is 0.152 e. The standard InChI is InChI=1S/C16H21N3O2S2/c1-10-3-4-12-13(7-10)22-16-14(12)15(17-9-18-16)19(2)11-5-6-23(20,21)8-11/h9-11H,3-8H2,1-2H3/t10-,11-/m1/s1. The summed E-state index contributed by atoms with van der Waals surface area (Å²) in [5, 5.41) is 1.16. The Labute approximate surface area is 140 Å². The summed E-state index contributed by atoms with van der Waals surface area (Å²) in [5.41, 5.74) is 1.39. The zero-order chi connectivity index (χ0) is 16.2. The maximum atomic E-state index is 11.8. The van der Waals surface area contributed by atoms with Crippen LogP contribution < -0.4 is 4.90 Å². The Morgan fingerprint density at radius 3 is 2.87 bits per heavy atom. The zero-order valence-corrected chi connectivity index (χ0v) is 15.1. The lowest BCUT2D eigenvalue weighted by Crippen LogP contribution is -2.33. The molecule has 0 spiro atoms. The molecule has 0 N–H and O–H groups in total. The lowest BCUT2D eigenvalue weighted by atomic mass is 9.89. The van der Waals surface area contributed by atoms with Gasteiger partial charge in [0.25, 0.3) is 0 Å². The van der Waals surface area contributed by atoms with Gasteiger partial charge in [-0.2, -0.15) is 0 Å². The smallest absolute Gasteiger partial charge is 0.152 e. The van der Waals surface area contributed by atoms with Crippen molar-refractivity contribution in [1.82, 2.24) is 9.97 Å². The molecule has 1 saturated heterocycles. The van der Waals surface area contributed by atoms with E-state index in [0.717, 1.165) is 34.8 Å². The first-order valence-electron chi connectivity index (χ1n) is 8.13. The number of anilines is 1.